The van der Waals surface area contributed by atoms with Gasteiger partial charge in [-0.25, -0.2) is 8.42 Å². The molecule has 0 saturated carbocycles. The van der Waals surface area contributed by atoms with Gasteiger partial charge in [0, 0.05) is 31.7 Å². The van der Waals surface area contributed by atoms with E-state index >= 15 is 0 Å². The quantitative estimate of drug-likeness (QED) is 0.732. The largest absolute Gasteiger partial charge is 0.378 e. The summed E-state index contributed by atoms with van der Waals surface area (Å²) in [6.45, 7) is 4.15. The normalized spacial score (nSPS) is 22.2. The first kappa shape index (κ1) is 19.0. The van der Waals surface area contributed by atoms with Gasteiger partial charge in [-0.05, 0) is 31.9 Å². The van der Waals surface area contributed by atoms with Crippen LogP contribution >= 0.6 is 0 Å². The highest BCUT2D eigenvalue weighted by Gasteiger charge is 2.35. The molecule has 0 unspecified atom stereocenters. The molecular weight excluding hydrogens is 356 g/mol. The number of carbonyl (C=O) groups is 2. The smallest absolute Gasteiger partial charge is 0.243 e. The molecule has 2 fully saturated rings. The molecule has 2 aliphatic rings. The number of Topliss-reactive ketones (excluding diaryl/α,β-unsaturated/α-hetero) is 1. The predicted octanol–water partition coefficient (Wildman–Crippen LogP) is 1.15. The van der Waals surface area contributed by atoms with E-state index in [4.69, 9.17) is 4.74 Å². The van der Waals surface area contributed by atoms with Crippen LogP contribution in [-0.4, -0.2) is 68.7 Å². The fraction of sp³-hybridized carbons (Fsp3) is 0.556. The van der Waals surface area contributed by atoms with Gasteiger partial charge < -0.3 is 9.64 Å². The molecule has 0 aromatic heterocycles. The van der Waals surface area contributed by atoms with E-state index in [1.54, 1.807) is 17.0 Å². The van der Waals surface area contributed by atoms with E-state index < -0.39 is 10.0 Å². The van der Waals surface area contributed by atoms with Crippen molar-refractivity contribution in [2.24, 2.45) is 5.92 Å². The lowest BCUT2D eigenvalue weighted by molar-refractivity contribution is -0.140. The minimum atomic E-state index is -3.73. The minimum Gasteiger partial charge on any atom is -0.378 e. The van der Waals surface area contributed by atoms with Crippen molar-refractivity contribution >= 4 is 21.7 Å². The van der Waals surface area contributed by atoms with Gasteiger partial charge in [-0.3, -0.25) is 9.59 Å². The first-order valence-electron chi connectivity index (χ1n) is 8.87. The summed E-state index contributed by atoms with van der Waals surface area (Å²) in [5, 5.41) is 0. The van der Waals surface area contributed by atoms with Crippen LogP contribution in [0.15, 0.2) is 29.2 Å². The molecule has 0 spiro atoms. The van der Waals surface area contributed by atoms with Gasteiger partial charge in [-0.15, -0.1) is 0 Å². The molecule has 8 heteroatoms. The molecular formula is C18H24N2O5S. The number of ether oxygens (including phenoxy) is 1. The molecule has 1 aromatic rings. The number of morpholine rings is 1. The monoisotopic (exact) mass is 380 g/mol. The number of carbonyl (C=O) groups excluding carboxylic acids is 2. The maximum atomic E-state index is 13.0. The van der Waals surface area contributed by atoms with Crippen LogP contribution in [0, 0.1) is 5.92 Å². The van der Waals surface area contributed by atoms with Crippen LogP contribution in [0.2, 0.25) is 0 Å². The number of sulfonamides is 1. The number of rotatable bonds is 4. The standard InChI is InChI=1S/C18H24N2O5S/c1-14(21)15-4-2-6-17(12-15)26(23,24)20-7-3-5-16(13-20)18(22)19-8-10-25-11-9-19/h2,4,6,12,16H,3,5,7-11,13H2,1H3/t16-/m0/s1. The van der Waals surface area contributed by atoms with Crippen molar-refractivity contribution in [3.8, 4) is 0 Å². The van der Waals surface area contributed by atoms with Crippen LogP contribution in [0.5, 0.6) is 0 Å². The summed E-state index contributed by atoms with van der Waals surface area (Å²) in [6, 6.07) is 6.08. The van der Waals surface area contributed by atoms with E-state index in [0.717, 1.165) is 0 Å². The highest BCUT2D eigenvalue weighted by Crippen LogP contribution is 2.26. The van der Waals surface area contributed by atoms with Crippen molar-refractivity contribution in [3.05, 3.63) is 29.8 Å². The highest BCUT2D eigenvalue weighted by molar-refractivity contribution is 7.89. The van der Waals surface area contributed by atoms with Crippen LogP contribution in [0.4, 0.5) is 0 Å². The summed E-state index contributed by atoms with van der Waals surface area (Å²) in [6.07, 6.45) is 1.34. The summed E-state index contributed by atoms with van der Waals surface area (Å²) in [5.74, 6) is -0.501. The zero-order valence-corrected chi connectivity index (χ0v) is 15.7. The molecule has 1 aromatic carbocycles. The Morgan fingerprint density at radius 2 is 1.88 bits per heavy atom. The number of piperidine rings is 1. The Bertz CT molecular complexity index is 787. The number of amides is 1. The van der Waals surface area contributed by atoms with Gasteiger partial charge in [0.1, 0.15) is 0 Å². The van der Waals surface area contributed by atoms with Crippen molar-refractivity contribution in [2.45, 2.75) is 24.7 Å². The fourth-order valence-corrected chi connectivity index (χ4v) is 5.00. The molecule has 2 heterocycles. The molecule has 142 valence electrons. The Labute approximate surface area is 154 Å². The molecule has 7 nitrogen and oxygen atoms in total. The Morgan fingerprint density at radius 3 is 2.58 bits per heavy atom. The Morgan fingerprint density at radius 1 is 1.15 bits per heavy atom. The number of benzene rings is 1. The molecule has 2 saturated heterocycles. The zero-order chi connectivity index (χ0) is 18.7. The van der Waals surface area contributed by atoms with Crippen molar-refractivity contribution in [2.75, 3.05) is 39.4 Å². The van der Waals surface area contributed by atoms with Crippen LogP contribution in [0.1, 0.15) is 30.1 Å². The lowest BCUT2D eigenvalue weighted by Gasteiger charge is -2.35. The van der Waals surface area contributed by atoms with Gasteiger partial charge in [-0.1, -0.05) is 12.1 Å². The second-order valence-corrected chi connectivity index (χ2v) is 8.66. The van der Waals surface area contributed by atoms with Crippen LogP contribution in [0.3, 0.4) is 0 Å². The molecule has 1 atom stereocenters. The topological polar surface area (TPSA) is 84.0 Å². The molecule has 0 bridgehead atoms. The Balaban J connectivity index is 1.76. The van der Waals surface area contributed by atoms with E-state index in [9.17, 15) is 18.0 Å². The second-order valence-electron chi connectivity index (χ2n) is 6.72. The van der Waals surface area contributed by atoms with Crippen LogP contribution in [0.25, 0.3) is 0 Å². The van der Waals surface area contributed by atoms with Gasteiger partial charge in [0.05, 0.1) is 24.0 Å². The number of hydrogen-bond acceptors (Lipinski definition) is 5. The third-order valence-corrected chi connectivity index (χ3v) is 6.80. The van der Waals surface area contributed by atoms with E-state index in [2.05, 4.69) is 0 Å². The van der Waals surface area contributed by atoms with Crippen LogP contribution < -0.4 is 0 Å². The molecule has 2 aliphatic heterocycles. The number of hydrogen-bond donors (Lipinski definition) is 0. The molecule has 3 rings (SSSR count). The average molecular weight is 380 g/mol. The van der Waals surface area contributed by atoms with E-state index in [0.29, 0.717) is 51.3 Å². The SMILES string of the molecule is CC(=O)c1cccc(S(=O)(=O)N2CCC[C@H](C(=O)N3CCOCC3)C2)c1. The van der Waals surface area contributed by atoms with Crippen molar-refractivity contribution in [3.63, 3.8) is 0 Å². The van der Waals surface area contributed by atoms with E-state index in [-0.39, 0.29) is 29.0 Å². The van der Waals surface area contributed by atoms with Crippen molar-refractivity contribution < 1.29 is 22.7 Å². The third kappa shape index (κ3) is 3.97. The van der Waals surface area contributed by atoms with Gasteiger partial charge in [-0.2, -0.15) is 4.31 Å². The summed E-state index contributed by atoms with van der Waals surface area (Å²) in [7, 11) is -3.73. The molecule has 26 heavy (non-hydrogen) atoms. The lowest BCUT2D eigenvalue weighted by atomic mass is 9.98. The molecule has 1 amide bonds. The summed E-state index contributed by atoms with van der Waals surface area (Å²) in [4.78, 5) is 26.1. The predicted molar refractivity (Wildman–Crippen MR) is 95.3 cm³/mol. The van der Waals surface area contributed by atoms with Gasteiger partial charge >= 0.3 is 0 Å². The average Bonchev–Trinajstić information content (AvgIpc) is 2.68. The van der Waals surface area contributed by atoms with E-state index in [1.807, 2.05) is 0 Å². The zero-order valence-electron chi connectivity index (χ0n) is 14.9. The number of ketones is 1. The molecule has 0 aliphatic carbocycles. The Kier molecular flexibility index (Phi) is 5.74. The highest BCUT2D eigenvalue weighted by atomic mass is 32.2. The summed E-state index contributed by atoms with van der Waals surface area (Å²) < 4.78 is 32.6. The van der Waals surface area contributed by atoms with Crippen LogP contribution in [-0.2, 0) is 19.6 Å². The summed E-state index contributed by atoms with van der Waals surface area (Å²) >= 11 is 0. The van der Waals surface area contributed by atoms with Gasteiger partial charge in [0.2, 0.25) is 15.9 Å². The first-order chi connectivity index (χ1) is 12.4. The molecule has 0 N–H and O–H groups in total. The maximum Gasteiger partial charge on any atom is 0.243 e. The third-order valence-electron chi connectivity index (χ3n) is 4.93. The van der Waals surface area contributed by atoms with E-state index in [1.165, 1.54) is 23.4 Å². The minimum absolute atomic E-state index is 0.00527. The second kappa shape index (κ2) is 7.85. The maximum absolute atomic E-state index is 13.0. The van der Waals surface area contributed by atoms with Crippen molar-refractivity contribution in [1.82, 2.24) is 9.21 Å². The lowest BCUT2D eigenvalue weighted by Crippen LogP contribution is -2.49. The Hall–Kier alpha value is -1.77. The first-order valence-corrected chi connectivity index (χ1v) is 10.3. The number of nitrogens with zero attached hydrogens (tertiary/aromatic N) is 2. The fourth-order valence-electron chi connectivity index (χ4n) is 3.43. The van der Waals surface area contributed by atoms with Crippen molar-refractivity contribution in [1.29, 1.82) is 0 Å². The summed E-state index contributed by atoms with van der Waals surface area (Å²) in [5.41, 5.74) is 0.365. The van der Waals surface area contributed by atoms with Gasteiger partial charge in [0.15, 0.2) is 5.78 Å². The van der Waals surface area contributed by atoms with Gasteiger partial charge in [0.25, 0.3) is 0 Å². The molecule has 0 radical (unpaired) electrons.